The van der Waals surface area contributed by atoms with Crippen molar-refractivity contribution in [3.63, 3.8) is 0 Å². The molecule has 2 rings (SSSR count). The Morgan fingerprint density at radius 3 is 2.67 bits per heavy atom. The fourth-order valence-electron chi connectivity index (χ4n) is 2.26. The van der Waals surface area contributed by atoms with Crippen LogP contribution in [0.25, 0.3) is 0 Å². The van der Waals surface area contributed by atoms with Crippen LogP contribution in [-0.2, 0) is 16.6 Å². The lowest BCUT2D eigenvalue weighted by Crippen LogP contribution is -2.06. The lowest BCUT2D eigenvalue weighted by Gasteiger charge is -2.13. The van der Waals surface area contributed by atoms with E-state index in [4.69, 9.17) is 10.5 Å². The molecule has 2 aromatic rings. The number of aryl methyl sites for hydroxylation is 2. The van der Waals surface area contributed by atoms with Crippen molar-refractivity contribution in [1.29, 1.82) is 0 Å². The zero-order chi connectivity index (χ0) is 15.6. The molecule has 1 aromatic heterocycles. The SMILES string of the molecule is COc1c(C)cnc(CS(=O)c2cc(C)ccc2N)c1C. The van der Waals surface area contributed by atoms with Crippen LogP contribution in [0.15, 0.2) is 29.3 Å². The van der Waals surface area contributed by atoms with Gasteiger partial charge in [0.05, 0.1) is 34.3 Å². The quantitative estimate of drug-likeness (QED) is 0.882. The van der Waals surface area contributed by atoms with E-state index in [1.807, 2.05) is 32.9 Å². The van der Waals surface area contributed by atoms with Crippen molar-refractivity contribution in [1.82, 2.24) is 4.98 Å². The van der Waals surface area contributed by atoms with Crippen LogP contribution in [0.5, 0.6) is 5.75 Å². The Morgan fingerprint density at radius 1 is 1.29 bits per heavy atom. The number of nitrogens with zero attached hydrogens (tertiary/aromatic N) is 1. The molecule has 5 heteroatoms. The summed E-state index contributed by atoms with van der Waals surface area (Å²) >= 11 is 0. The molecule has 112 valence electrons. The number of hydrogen-bond donors (Lipinski definition) is 1. The molecule has 0 saturated carbocycles. The second-order valence-corrected chi connectivity index (χ2v) is 6.50. The summed E-state index contributed by atoms with van der Waals surface area (Å²) in [6.07, 6.45) is 1.75. The molecule has 1 unspecified atom stereocenters. The van der Waals surface area contributed by atoms with Crippen molar-refractivity contribution in [2.75, 3.05) is 12.8 Å². The number of anilines is 1. The van der Waals surface area contributed by atoms with Crippen LogP contribution >= 0.6 is 0 Å². The summed E-state index contributed by atoms with van der Waals surface area (Å²) in [4.78, 5) is 5.05. The Bertz CT molecular complexity index is 699. The first-order chi connectivity index (χ1) is 9.93. The van der Waals surface area contributed by atoms with E-state index in [1.54, 1.807) is 19.4 Å². The molecular weight excluding hydrogens is 284 g/mol. The molecule has 0 bridgehead atoms. The van der Waals surface area contributed by atoms with Crippen LogP contribution in [0.4, 0.5) is 5.69 Å². The predicted molar refractivity (Wildman–Crippen MR) is 86.0 cm³/mol. The highest BCUT2D eigenvalue weighted by molar-refractivity contribution is 7.84. The van der Waals surface area contributed by atoms with Gasteiger partial charge >= 0.3 is 0 Å². The van der Waals surface area contributed by atoms with Crippen molar-refractivity contribution in [3.8, 4) is 5.75 Å². The fraction of sp³-hybridized carbons (Fsp3) is 0.312. The molecule has 0 radical (unpaired) electrons. The molecule has 0 amide bonds. The number of hydrogen-bond acceptors (Lipinski definition) is 4. The predicted octanol–water partition coefficient (Wildman–Crippen LogP) is 2.91. The fourth-order valence-corrected chi connectivity index (χ4v) is 3.60. The maximum atomic E-state index is 12.6. The zero-order valence-corrected chi connectivity index (χ0v) is 13.6. The van der Waals surface area contributed by atoms with Gasteiger partial charge in [-0.05, 0) is 38.5 Å². The summed E-state index contributed by atoms with van der Waals surface area (Å²) in [5.41, 5.74) is 10.2. The highest BCUT2D eigenvalue weighted by atomic mass is 32.2. The van der Waals surface area contributed by atoms with E-state index in [1.165, 1.54) is 0 Å². The van der Waals surface area contributed by atoms with Gasteiger partial charge in [0.25, 0.3) is 0 Å². The molecule has 0 saturated heterocycles. The molecule has 0 aliphatic carbocycles. The minimum Gasteiger partial charge on any atom is -0.496 e. The number of nitrogen functional groups attached to an aromatic ring is 1. The normalized spacial score (nSPS) is 12.2. The number of ether oxygens (including phenoxy) is 1. The third kappa shape index (κ3) is 3.24. The van der Waals surface area contributed by atoms with E-state index in [0.29, 0.717) is 16.3 Å². The summed E-state index contributed by atoms with van der Waals surface area (Å²) < 4.78 is 18.0. The number of pyridine rings is 1. The number of methoxy groups -OCH3 is 1. The zero-order valence-electron chi connectivity index (χ0n) is 12.8. The summed E-state index contributed by atoms with van der Waals surface area (Å²) in [5, 5.41) is 0. The van der Waals surface area contributed by atoms with E-state index < -0.39 is 10.8 Å². The average Bonchev–Trinajstić information content (AvgIpc) is 2.45. The van der Waals surface area contributed by atoms with E-state index in [0.717, 1.165) is 28.1 Å². The van der Waals surface area contributed by atoms with Crippen molar-refractivity contribution >= 4 is 16.5 Å². The molecule has 0 fully saturated rings. The summed E-state index contributed by atoms with van der Waals surface area (Å²) in [6, 6.07) is 5.57. The second-order valence-electron chi connectivity index (χ2n) is 5.08. The molecular formula is C16H20N2O2S. The van der Waals surface area contributed by atoms with Crippen molar-refractivity contribution < 1.29 is 8.95 Å². The van der Waals surface area contributed by atoms with Gasteiger partial charge in [0.1, 0.15) is 5.75 Å². The first kappa shape index (κ1) is 15.5. The van der Waals surface area contributed by atoms with Crippen molar-refractivity contribution in [2.45, 2.75) is 31.4 Å². The van der Waals surface area contributed by atoms with E-state index >= 15 is 0 Å². The van der Waals surface area contributed by atoms with Gasteiger partial charge in [-0.25, -0.2) is 0 Å². The molecule has 1 aromatic carbocycles. The summed E-state index contributed by atoms with van der Waals surface area (Å²) in [7, 11) is 0.407. The third-order valence-electron chi connectivity index (χ3n) is 3.43. The van der Waals surface area contributed by atoms with Gasteiger partial charge in [-0.2, -0.15) is 0 Å². The molecule has 0 aliphatic rings. The van der Waals surface area contributed by atoms with E-state index in [2.05, 4.69) is 4.98 Å². The standard InChI is InChI=1S/C16H20N2O2S/c1-10-5-6-13(17)15(7-10)21(19)9-14-12(3)16(20-4)11(2)8-18-14/h5-8H,9,17H2,1-4H3. The first-order valence-electron chi connectivity index (χ1n) is 6.67. The maximum absolute atomic E-state index is 12.6. The van der Waals surface area contributed by atoms with Crippen molar-refractivity contribution in [2.24, 2.45) is 0 Å². The van der Waals surface area contributed by atoms with Crippen molar-refractivity contribution in [3.05, 3.63) is 46.8 Å². The lowest BCUT2D eigenvalue weighted by atomic mass is 10.1. The third-order valence-corrected chi connectivity index (χ3v) is 4.81. The number of aromatic nitrogens is 1. The van der Waals surface area contributed by atoms with E-state index in [-0.39, 0.29) is 0 Å². The molecule has 1 atom stereocenters. The van der Waals surface area contributed by atoms with Gasteiger partial charge in [0.2, 0.25) is 0 Å². The van der Waals surface area contributed by atoms with Gasteiger partial charge in [0.15, 0.2) is 0 Å². The van der Waals surface area contributed by atoms with Crippen LogP contribution in [0, 0.1) is 20.8 Å². The Hall–Kier alpha value is -1.88. The highest BCUT2D eigenvalue weighted by Gasteiger charge is 2.15. The summed E-state index contributed by atoms with van der Waals surface area (Å²) in [5.74, 6) is 1.13. The Labute approximate surface area is 127 Å². The maximum Gasteiger partial charge on any atom is 0.128 e. The largest absolute Gasteiger partial charge is 0.496 e. The Balaban J connectivity index is 2.34. The molecule has 2 N–H and O–H groups in total. The average molecular weight is 304 g/mol. The smallest absolute Gasteiger partial charge is 0.128 e. The van der Waals surface area contributed by atoms with Gasteiger partial charge in [-0.15, -0.1) is 0 Å². The number of nitrogens with two attached hydrogens (primary N) is 1. The molecule has 0 spiro atoms. The van der Waals surface area contributed by atoms with Gasteiger partial charge in [0, 0.05) is 23.0 Å². The van der Waals surface area contributed by atoms with Crippen LogP contribution in [0.3, 0.4) is 0 Å². The lowest BCUT2D eigenvalue weighted by molar-refractivity contribution is 0.407. The Kier molecular flexibility index (Phi) is 4.63. The molecule has 4 nitrogen and oxygen atoms in total. The second kappa shape index (κ2) is 6.26. The van der Waals surface area contributed by atoms with Gasteiger partial charge in [-0.3, -0.25) is 9.19 Å². The minimum atomic E-state index is -1.23. The molecule has 21 heavy (non-hydrogen) atoms. The Morgan fingerprint density at radius 2 is 2.00 bits per heavy atom. The molecule has 1 heterocycles. The minimum absolute atomic E-state index is 0.329. The van der Waals surface area contributed by atoms with Crippen LogP contribution < -0.4 is 10.5 Å². The topological polar surface area (TPSA) is 65.2 Å². The van der Waals surface area contributed by atoms with Gasteiger partial charge in [-0.1, -0.05) is 6.07 Å². The number of rotatable bonds is 4. The number of benzene rings is 1. The van der Waals surface area contributed by atoms with Crippen LogP contribution in [0.2, 0.25) is 0 Å². The summed E-state index contributed by atoms with van der Waals surface area (Å²) in [6.45, 7) is 5.83. The molecule has 0 aliphatic heterocycles. The highest BCUT2D eigenvalue weighted by Crippen LogP contribution is 2.27. The van der Waals surface area contributed by atoms with Crippen LogP contribution in [0.1, 0.15) is 22.4 Å². The van der Waals surface area contributed by atoms with Crippen LogP contribution in [-0.4, -0.2) is 16.3 Å². The van der Waals surface area contributed by atoms with E-state index in [9.17, 15) is 4.21 Å². The first-order valence-corrected chi connectivity index (χ1v) is 7.99. The monoisotopic (exact) mass is 304 g/mol. The van der Waals surface area contributed by atoms with Gasteiger partial charge < -0.3 is 10.5 Å².